The summed E-state index contributed by atoms with van der Waals surface area (Å²) in [7, 11) is 0. The van der Waals surface area contributed by atoms with Crippen LogP contribution in [0.25, 0.3) is 10.9 Å². The molecular formula is C8H6ClNO. The first-order chi connectivity index (χ1) is 5.29. The van der Waals surface area contributed by atoms with Crippen LogP contribution in [0.1, 0.15) is 0 Å². The van der Waals surface area contributed by atoms with E-state index in [0.29, 0.717) is 10.5 Å². The summed E-state index contributed by atoms with van der Waals surface area (Å²) in [6.07, 6.45) is 1.76. The average Bonchev–Trinajstić information content (AvgIpc) is 2.45. The lowest BCUT2D eigenvalue weighted by atomic mass is 10.2. The minimum absolute atomic E-state index is 0.120. The number of benzene rings is 1. The second-order valence-electron chi connectivity index (χ2n) is 2.34. The zero-order valence-corrected chi connectivity index (χ0v) is 6.39. The summed E-state index contributed by atoms with van der Waals surface area (Å²) in [6.45, 7) is 0. The van der Waals surface area contributed by atoms with Crippen molar-refractivity contribution >= 4 is 22.5 Å². The van der Waals surface area contributed by atoms with Gasteiger partial charge in [-0.2, -0.15) is 0 Å². The topological polar surface area (TPSA) is 36.0 Å². The van der Waals surface area contributed by atoms with E-state index in [0.717, 1.165) is 5.39 Å². The smallest absolute Gasteiger partial charge is 0.158 e. The highest BCUT2D eigenvalue weighted by molar-refractivity contribution is 6.33. The molecule has 2 rings (SSSR count). The van der Waals surface area contributed by atoms with Crippen LogP contribution in [-0.2, 0) is 0 Å². The van der Waals surface area contributed by atoms with Gasteiger partial charge >= 0.3 is 0 Å². The Kier molecular flexibility index (Phi) is 1.29. The number of phenols is 1. The Bertz CT molecular complexity index is 394. The van der Waals surface area contributed by atoms with Gasteiger partial charge in [0.2, 0.25) is 0 Å². The molecule has 0 amide bonds. The summed E-state index contributed by atoms with van der Waals surface area (Å²) in [4.78, 5) is 2.89. The molecule has 2 nitrogen and oxygen atoms in total. The van der Waals surface area contributed by atoms with Gasteiger partial charge < -0.3 is 10.1 Å². The van der Waals surface area contributed by atoms with Crippen LogP contribution in [0, 0.1) is 0 Å². The summed E-state index contributed by atoms with van der Waals surface area (Å²) >= 11 is 5.67. The van der Waals surface area contributed by atoms with Crippen LogP contribution in [0.5, 0.6) is 5.75 Å². The molecule has 2 N–H and O–H groups in total. The second-order valence-corrected chi connectivity index (χ2v) is 2.75. The minimum Gasteiger partial charge on any atom is -0.504 e. The highest BCUT2D eigenvalue weighted by Gasteiger charge is 2.03. The first kappa shape index (κ1) is 6.55. The lowest BCUT2D eigenvalue weighted by Crippen LogP contribution is -1.71. The van der Waals surface area contributed by atoms with Gasteiger partial charge in [-0.3, -0.25) is 0 Å². The van der Waals surface area contributed by atoms with Gasteiger partial charge in [0, 0.05) is 11.6 Å². The maximum atomic E-state index is 9.38. The van der Waals surface area contributed by atoms with Gasteiger partial charge in [0.05, 0.1) is 10.5 Å². The van der Waals surface area contributed by atoms with Gasteiger partial charge in [0.25, 0.3) is 0 Å². The van der Waals surface area contributed by atoms with Crippen LogP contribution in [-0.4, -0.2) is 10.1 Å². The van der Waals surface area contributed by atoms with Crippen molar-refractivity contribution < 1.29 is 5.11 Å². The summed E-state index contributed by atoms with van der Waals surface area (Å²) in [5.41, 5.74) is 0.692. The van der Waals surface area contributed by atoms with Crippen molar-refractivity contribution in [1.82, 2.24) is 4.98 Å². The molecule has 1 aromatic carbocycles. The van der Waals surface area contributed by atoms with Gasteiger partial charge in [-0.15, -0.1) is 0 Å². The molecule has 0 saturated heterocycles. The highest BCUT2D eigenvalue weighted by Crippen LogP contribution is 2.30. The number of nitrogens with one attached hydrogen (secondary N) is 1. The molecule has 0 aliphatic heterocycles. The molecule has 0 aliphatic carbocycles. The van der Waals surface area contributed by atoms with E-state index in [1.807, 2.05) is 12.1 Å². The molecule has 0 bridgehead atoms. The second kappa shape index (κ2) is 2.17. The summed E-state index contributed by atoms with van der Waals surface area (Å²) in [5, 5.41) is 10.7. The standard InChI is InChI=1S/C8H6ClNO/c9-6-2-1-5-3-4-10-7(5)8(6)11/h1-4,10-11H. The van der Waals surface area contributed by atoms with Crippen LogP contribution < -0.4 is 0 Å². The van der Waals surface area contributed by atoms with E-state index in [9.17, 15) is 5.11 Å². The Hall–Kier alpha value is -1.15. The maximum absolute atomic E-state index is 9.38. The van der Waals surface area contributed by atoms with E-state index in [2.05, 4.69) is 4.98 Å². The number of aromatic hydroxyl groups is 1. The van der Waals surface area contributed by atoms with E-state index in [4.69, 9.17) is 11.6 Å². The van der Waals surface area contributed by atoms with Crippen molar-refractivity contribution in [2.75, 3.05) is 0 Å². The largest absolute Gasteiger partial charge is 0.504 e. The molecule has 0 fully saturated rings. The van der Waals surface area contributed by atoms with E-state index in [1.54, 1.807) is 12.3 Å². The minimum atomic E-state index is 0.120. The Balaban J connectivity index is 2.93. The number of rotatable bonds is 0. The fraction of sp³-hybridized carbons (Fsp3) is 0. The SMILES string of the molecule is Oc1c(Cl)ccc2cc[nH]c12. The average molecular weight is 168 g/mol. The lowest BCUT2D eigenvalue weighted by Gasteiger charge is -1.96. The number of hydrogen-bond donors (Lipinski definition) is 2. The fourth-order valence-corrected chi connectivity index (χ4v) is 1.24. The van der Waals surface area contributed by atoms with Crippen LogP contribution in [0.2, 0.25) is 5.02 Å². The third-order valence-electron chi connectivity index (χ3n) is 1.65. The molecule has 0 unspecified atom stereocenters. The monoisotopic (exact) mass is 167 g/mol. The Morgan fingerprint density at radius 2 is 2.09 bits per heavy atom. The van der Waals surface area contributed by atoms with Crippen molar-refractivity contribution in [3.63, 3.8) is 0 Å². The third kappa shape index (κ3) is 0.870. The molecule has 56 valence electrons. The number of aromatic amines is 1. The van der Waals surface area contributed by atoms with Crippen molar-refractivity contribution in [1.29, 1.82) is 0 Å². The Morgan fingerprint density at radius 3 is 2.91 bits per heavy atom. The normalized spacial score (nSPS) is 10.6. The van der Waals surface area contributed by atoms with Crippen molar-refractivity contribution in [3.8, 4) is 5.75 Å². The number of H-pyrrole nitrogens is 1. The first-order valence-corrected chi connectivity index (χ1v) is 3.61. The zero-order chi connectivity index (χ0) is 7.84. The van der Waals surface area contributed by atoms with Crippen molar-refractivity contribution in [3.05, 3.63) is 29.4 Å². The summed E-state index contributed by atoms with van der Waals surface area (Å²) in [5.74, 6) is 0.120. The summed E-state index contributed by atoms with van der Waals surface area (Å²) < 4.78 is 0. The number of hydrogen-bond acceptors (Lipinski definition) is 1. The lowest BCUT2D eigenvalue weighted by molar-refractivity contribution is 0.481. The predicted molar refractivity (Wildman–Crippen MR) is 45.0 cm³/mol. The molecule has 11 heavy (non-hydrogen) atoms. The quantitative estimate of drug-likeness (QED) is 0.622. The van der Waals surface area contributed by atoms with E-state index >= 15 is 0 Å². The van der Waals surface area contributed by atoms with Gasteiger partial charge in [-0.1, -0.05) is 17.7 Å². The molecule has 0 atom stereocenters. The van der Waals surface area contributed by atoms with Crippen molar-refractivity contribution in [2.24, 2.45) is 0 Å². The number of halogens is 1. The van der Waals surface area contributed by atoms with E-state index < -0.39 is 0 Å². The molecular weight excluding hydrogens is 162 g/mol. The summed E-state index contributed by atoms with van der Waals surface area (Å²) in [6, 6.07) is 5.41. The molecule has 2 aromatic rings. The molecule has 1 heterocycles. The molecule has 0 saturated carbocycles. The number of aromatic nitrogens is 1. The number of fused-ring (bicyclic) bond motifs is 1. The van der Waals surface area contributed by atoms with Crippen LogP contribution in [0.3, 0.4) is 0 Å². The molecule has 0 radical (unpaired) electrons. The Morgan fingerprint density at radius 1 is 1.27 bits per heavy atom. The van der Waals surface area contributed by atoms with Gasteiger partial charge in [-0.25, -0.2) is 0 Å². The van der Waals surface area contributed by atoms with Gasteiger partial charge in [0.1, 0.15) is 0 Å². The van der Waals surface area contributed by atoms with Gasteiger partial charge in [-0.05, 0) is 12.1 Å². The predicted octanol–water partition coefficient (Wildman–Crippen LogP) is 2.53. The highest BCUT2D eigenvalue weighted by atomic mass is 35.5. The zero-order valence-electron chi connectivity index (χ0n) is 5.63. The van der Waals surface area contributed by atoms with E-state index in [1.165, 1.54) is 0 Å². The maximum Gasteiger partial charge on any atom is 0.158 e. The van der Waals surface area contributed by atoms with Crippen molar-refractivity contribution in [2.45, 2.75) is 0 Å². The molecule has 1 aromatic heterocycles. The molecule has 0 spiro atoms. The molecule has 3 heteroatoms. The van der Waals surface area contributed by atoms with Crippen LogP contribution in [0.15, 0.2) is 24.4 Å². The molecule has 0 aliphatic rings. The van der Waals surface area contributed by atoms with E-state index in [-0.39, 0.29) is 5.75 Å². The van der Waals surface area contributed by atoms with Crippen LogP contribution >= 0.6 is 11.6 Å². The fourth-order valence-electron chi connectivity index (χ4n) is 1.09. The third-order valence-corrected chi connectivity index (χ3v) is 1.96. The van der Waals surface area contributed by atoms with Gasteiger partial charge in [0.15, 0.2) is 5.75 Å². The Labute approximate surface area is 68.4 Å². The first-order valence-electron chi connectivity index (χ1n) is 3.23. The number of phenolic OH excluding ortho intramolecular Hbond substituents is 1. The van der Waals surface area contributed by atoms with Crippen LogP contribution in [0.4, 0.5) is 0 Å².